The molecule has 0 bridgehead atoms. The van der Waals surface area contributed by atoms with Crippen LogP contribution >= 0.6 is 0 Å². The predicted molar refractivity (Wildman–Crippen MR) is 74.7 cm³/mol. The highest BCUT2D eigenvalue weighted by atomic mass is 16.6. The molecule has 2 heterocycles. The summed E-state index contributed by atoms with van der Waals surface area (Å²) in [4.78, 5) is 13.9. The Morgan fingerprint density at radius 2 is 2.00 bits per heavy atom. The molecule has 0 radical (unpaired) electrons. The molecule has 0 atom stereocenters. The Hall–Kier alpha value is -1.75. The van der Waals surface area contributed by atoms with Gasteiger partial charge in [-0.05, 0) is 43.6 Å². The molecular weight excluding hydrogens is 256 g/mol. The maximum absolute atomic E-state index is 12.0. The summed E-state index contributed by atoms with van der Waals surface area (Å²) < 4.78 is 10.5. The topological polar surface area (TPSA) is 50.8 Å². The van der Waals surface area contributed by atoms with Crippen LogP contribution in [0.1, 0.15) is 18.4 Å². The third-order valence-corrected chi connectivity index (χ3v) is 4.29. The van der Waals surface area contributed by atoms with E-state index in [9.17, 15) is 4.79 Å². The summed E-state index contributed by atoms with van der Waals surface area (Å²) in [6, 6.07) is 7.84. The number of amides is 1. The number of rotatable bonds is 3. The molecule has 108 valence electrons. The Kier molecular flexibility index (Phi) is 3.53. The summed E-state index contributed by atoms with van der Waals surface area (Å²) in [6.07, 6.45) is 1.71. The van der Waals surface area contributed by atoms with Gasteiger partial charge >= 0.3 is 6.09 Å². The Bertz CT molecular complexity index is 480. The number of ether oxygens (including phenoxy) is 2. The lowest BCUT2D eigenvalue weighted by Crippen LogP contribution is -2.53. The van der Waals surface area contributed by atoms with Crippen LogP contribution in [0.25, 0.3) is 0 Å². The molecule has 1 aromatic carbocycles. The first-order chi connectivity index (χ1) is 9.73. The molecular formula is C15H20N2O3. The third-order valence-electron chi connectivity index (χ3n) is 4.29. The highest BCUT2D eigenvalue weighted by Gasteiger charge is 2.47. The molecule has 20 heavy (non-hydrogen) atoms. The van der Waals surface area contributed by atoms with Gasteiger partial charge in [0.25, 0.3) is 0 Å². The summed E-state index contributed by atoms with van der Waals surface area (Å²) in [5.41, 5.74) is 0.977. The van der Waals surface area contributed by atoms with E-state index < -0.39 is 0 Å². The first-order valence-corrected chi connectivity index (χ1v) is 7.02. The molecule has 3 rings (SSSR count). The molecule has 1 spiro atoms. The van der Waals surface area contributed by atoms with Crippen LogP contribution in [0.3, 0.4) is 0 Å². The van der Waals surface area contributed by atoms with Crippen molar-refractivity contribution in [1.29, 1.82) is 0 Å². The first kappa shape index (κ1) is 13.2. The predicted octanol–water partition coefficient (Wildman–Crippen LogP) is 1.77. The van der Waals surface area contributed by atoms with Gasteiger partial charge in [-0.1, -0.05) is 12.1 Å². The zero-order valence-corrected chi connectivity index (χ0v) is 11.7. The zero-order chi connectivity index (χ0) is 14.0. The lowest BCUT2D eigenvalue weighted by atomic mass is 9.88. The van der Waals surface area contributed by atoms with E-state index in [1.807, 2.05) is 29.2 Å². The number of hydrogen-bond acceptors (Lipinski definition) is 4. The van der Waals surface area contributed by atoms with E-state index in [4.69, 9.17) is 9.47 Å². The summed E-state index contributed by atoms with van der Waals surface area (Å²) in [6.45, 7) is 3.00. The number of carbonyl (C=O) groups excluding carboxylic acids is 1. The summed E-state index contributed by atoms with van der Waals surface area (Å²) in [5.74, 6) is 0.828. The van der Waals surface area contributed by atoms with E-state index in [1.54, 1.807) is 7.11 Å². The molecule has 1 amide bonds. The normalized spacial score (nSPS) is 21.1. The summed E-state index contributed by atoms with van der Waals surface area (Å²) in [7, 11) is 1.65. The van der Waals surface area contributed by atoms with Gasteiger partial charge in [0.1, 0.15) is 12.4 Å². The van der Waals surface area contributed by atoms with Gasteiger partial charge in [-0.25, -0.2) is 4.79 Å². The summed E-state index contributed by atoms with van der Waals surface area (Å²) in [5, 5.41) is 3.34. The number of methoxy groups -OCH3 is 1. The Morgan fingerprint density at radius 1 is 1.30 bits per heavy atom. The van der Waals surface area contributed by atoms with Crippen molar-refractivity contribution in [1.82, 2.24) is 10.2 Å². The van der Waals surface area contributed by atoms with E-state index in [1.165, 1.54) is 0 Å². The second-order valence-corrected chi connectivity index (χ2v) is 5.46. The van der Waals surface area contributed by atoms with Crippen molar-refractivity contribution in [2.75, 3.05) is 26.8 Å². The summed E-state index contributed by atoms with van der Waals surface area (Å²) >= 11 is 0. The van der Waals surface area contributed by atoms with Gasteiger partial charge in [-0.15, -0.1) is 0 Å². The molecule has 2 saturated heterocycles. The number of carbonyl (C=O) groups is 1. The fourth-order valence-corrected chi connectivity index (χ4v) is 3.00. The second kappa shape index (κ2) is 5.32. The quantitative estimate of drug-likeness (QED) is 0.914. The van der Waals surface area contributed by atoms with Gasteiger partial charge in [0, 0.05) is 6.54 Å². The number of benzene rings is 1. The maximum atomic E-state index is 12.0. The highest BCUT2D eigenvalue weighted by Crippen LogP contribution is 2.34. The standard InChI is InChI=1S/C15H20N2O3/c1-19-13-4-2-12(3-5-13)10-17-14(18)20-11-15(17)6-8-16-9-7-15/h2-5,16H,6-11H2,1H3. The van der Waals surface area contributed by atoms with Crippen LogP contribution in [0.4, 0.5) is 4.79 Å². The average Bonchev–Trinajstić information content (AvgIpc) is 2.78. The van der Waals surface area contributed by atoms with E-state index in [-0.39, 0.29) is 11.6 Å². The molecule has 1 N–H and O–H groups in total. The smallest absolute Gasteiger partial charge is 0.410 e. The van der Waals surface area contributed by atoms with E-state index >= 15 is 0 Å². The minimum Gasteiger partial charge on any atom is -0.497 e. The van der Waals surface area contributed by atoms with Crippen molar-refractivity contribution in [3.63, 3.8) is 0 Å². The molecule has 2 aliphatic heterocycles. The number of nitrogens with one attached hydrogen (secondary N) is 1. The molecule has 0 unspecified atom stereocenters. The molecule has 2 aliphatic rings. The number of nitrogens with zero attached hydrogens (tertiary/aromatic N) is 1. The van der Waals surface area contributed by atoms with Crippen LogP contribution in [0.15, 0.2) is 24.3 Å². The van der Waals surface area contributed by atoms with Crippen LogP contribution in [-0.4, -0.2) is 43.3 Å². The van der Waals surface area contributed by atoms with Crippen molar-refractivity contribution in [2.45, 2.75) is 24.9 Å². The van der Waals surface area contributed by atoms with Gasteiger partial charge in [0.2, 0.25) is 0 Å². The molecule has 0 saturated carbocycles. The molecule has 5 nitrogen and oxygen atoms in total. The van der Waals surface area contributed by atoms with Crippen LogP contribution < -0.4 is 10.1 Å². The minimum absolute atomic E-state index is 0.123. The Balaban J connectivity index is 1.77. The molecule has 0 aromatic heterocycles. The number of hydrogen-bond donors (Lipinski definition) is 1. The van der Waals surface area contributed by atoms with Gasteiger partial charge < -0.3 is 14.8 Å². The lowest BCUT2D eigenvalue weighted by molar-refractivity contribution is 0.119. The van der Waals surface area contributed by atoms with E-state index in [0.29, 0.717) is 13.2 Å². The fraction of sp³-hybridized carbons (Fsp3) is 0.533. The van der Waals surface area contributed by atoms with E-state index in [0.717, 1.165) is 37.2 Å². The van der Waals surface area contributed by atoms with Crippen molar-refractivity contribution in [3.05, 3.63) is 29.8 Å². The van der Waals surface area contributed by atoms with Gasteiger partial charge in [0.05, 0.1) is 12.6 Å². The lowest BCUT2D eigenvalue weighted by Gasteiger charge is -2.38. The third kappa shape index (κ3) is 2.33. The van der Waals surface area contributed by atoms with Crippen LogP contribution in [0, 0.1) is 0 Å². The fourth-order valence-electron chi connectivity index (χ4n) is 3.00. The Morgan fingerprint density at radius 3 is 2.65 bits per heavy atom. The van der Waals surface area contributed by atoms with Gasteiger partial charge in [0.15, 0.2) is 0 Å². The maximum Gasteiger partial charge on any atom is 0.410 e. The van der Waals surface area contributed by atoms with Crippen LogP contribution in [0.2, 0.25) is 0 Å². The van der Waals surface area contributed by atoms with Crippen molar-refractivity contribution in [3.8, 4) is 5.75 Å². The molecule has 5 heteroatoms. The molecule has 0 aliphatic carbocycles. The van der Waals surface area contributed by atoms with Crippen molar-refractivity contribution < 1.29 is 14.3 Å². The minimum atomic E-state index is -0.192. The number of piperidine rings is 1. The highest BCUT2D eigenvalue weighted by molar-refractivity contribution is 5.71. The van der Waals surface area contributed by atoms with E-state index in [2.05, 4.69) is 5.32 Å². The SMILES string of the molecule is COc1ccc(CN2C(=O)OCC23CCNCC3)cc1. The first-order valence-electron chi connectivity index (χ1n) is 7.02. The zero-order valence-electron chi connectivity index (χ0n) is 11.7. The van der Waals surface area contributed by atoms with Crippen molar-refractivity contribution in [2.24, 2.45) is 0 Å². The average molecular weight is 276 g/mol. The monoisotopic (exact) mass is 276 g/mol. The Labute approximate surface area is 118 Å². The largest absolute Gasteiger partial charge is 0.497 e. The second-order valence-electron chi connectivity index (χ2n) is 5.46. The van der Waals surface area contributed by atoms with Gasteiger partial charge in [-0.3, -0.25) is 4.90 Å². The van der Waals surface area contributed by atoms with Gasteiger partial charge in [-0.2, -0.15) is 0 Å². The number of cyclic esters (lactones) is 1. The van der Waals surface area contributed by atoms with Crippen molar-refractivity contribution >= 4 is 6.09 Å². The van der Waals surface area contributed by atoms with Crippen LogP contribution in [-0.2, 0) is 11.3 Å². The molecule has 2 fully saturated rings. The van der Waals surface area contributed by atoms with Crippen LogP contribution in [0.5, 0.6) is 5.75 Å². The molecule has 1 aromatic rings.